The summed E-state index contributed by atoms with van der Waals surface area (Å²) in [5, 5.41) is 0. The molecule has 9 heavy (non-hydrogen) atoms. The Kier molecular flexibility index (Phi) is 20.5. The molecular weight excluding hydrogens is 108 g/mol. The van der Waals surface area contributed by atoms with E-state index in [0.29, 0.717) is 0 Å². The Bertz CT molecular complexity index is 19.2. The van der Waals surface area contributed by atoms with Crippen molar-refractivity contribution in [2.75, 3.05) is 0 Å². The average molecular weight is 128 g/mol. The molecule has 0 aliphatic heterocycles. The second-order valence-corrected chi connectivity index (χ2v) is 2.14. The van der Waals surface area contributed by atoms with E-state index in [1.807, 2.05) is 20.3 Å². The highest BCUT2D eigenvalue weighted by Crippen LogP contribution is 1.95. The standard InChI is InChI=1S/C6H13.C3H7/c1-3-5-6-4-2;1-3-2/h1,3-6H2,2H3;3H,1-2H3. The van der Waals surface area contributed by atoms with E-state index in [9.17, 15) is 0 Å². The van der Waals surface area contributed by atoms with Gasteiger partial charge in [0.2, 0.25) is 0 Å². The molecule has 0 amide bonds. The van der Waals surface area contributed by atoms with Gasteiger partial charge in [-0.1, -0.05) is 53.4 Å². The monoisotopic (exact) mass is 128 g/mol. The van der Waals surface area contributed by atoms with Gasteiger partial charge in [0.25, 0.3) is 0 Å². The number of hydrogen-bond acceptors (Lipinski definition) is 0. The highest BCUT2D eigenvalue weighted by molar-refractivity contribution is 4.39. The Labute approximate surface area is 60.7 Å². The van der Waals surface area contributed by atoms with E-state index in [2.05, 4.69) is 13.8 Å². The first-order chi connectivity index (χ1) is 4.33. The van der Waals surface area contributed by atoms with Crippen molar-refractivity contribution in [1.82, 2.24) is 0 Å². The molecule has 0 bridgehead atoms. The van der Waals surface area contributed by atoms with Gasteiger partial charge in [-0.05, 0) is 6.42 Å². The van der Waals surface area contributed by atoms with Crippen LogP contribution in [0.3, 0.4) is 0 Å². The van der Waals surface area contributed by atoms with Crippen LogP contribution in [0.2, 0.25) is 0 Å². The molecule has 0 aromatic rings. The van der Waals surface area contributed by atoms with Crippen molar-refractivity contribution >= 4 is 0 Å². The first-order valence-corrected chi connectivity index (χ1v) is 3.86. The molecule has 0 aromatic carbocycles. The summed E-state index contributed by atoms with van der Waals surface area (Å²) in [5.74, 6) is 0. The van der Waals surface area contributed by atoms with E-state index in [4.69, 9.17) is 0 Å². The average Bonchev–Trinajstić information content (AvgIpc) is 1.86. The maximum absolute atomic E-state index is 3.72. The lowest BCUT2D eigenvalue weighted by Crippen LogP contribution is -1.66. The van der Waals surface area contributed by atoms with Crippen molar-refractivity contribution in [3.8, 4) is 0 Å². The molecule has 0 nitrogen and oxygen atoms in total. The Morgan fingerprint density at radius 2 is 1.67 bits per heavy atom. The molecule has 0 spiro atoms. The maximum Gasteiger partial charge on any atom is -0.0448 e. The minimum absolute atomic E-state index is 1.10. The molecule has 0 saturated carbocycles. The Balaban J connectivity index is 0. The lowest BCUT2D eigenvalue weighted by molar-refractivity contribution is 0.728. The van der Waals surface area contributed by atoms with E-state index >= 15 is 0 Å². The van der Waals surface area contributed by atoms with E-state index in [0.717, 1.165) is 6.42 Å². The summed E-state index contributed by atoms with van der Waals surface area (Å²) in [4.78, 5) is 0. The molecule has 56 valence electrons. The number of unbranched alkanes of at least 4 members (excludes halogenated alkanes) is 3. The minimum Gasteiger partial charge on any atom is -0.0654 e. The molecule has 0 heteroatoms. The van der Waals surface area contributed by atoms with Crippen LogP contribution < -0.4 is 0 Å². The van der Waals surface area contributed by atoms with Crippen LogP contribution in [0, 0.1) is 13.3 Å². The molecule has 0 N–H and O–H groups in total. The molecule has 0 unspecified atom stereocenters. The number of rotatable bonds is 3. The zero-order chi connectivity index (χ0) is 7.54. The van der Waals surface area contributed by atoms with E-state index in [-0.39, 0.29) is 0 Å². The Morgan fingerprint density at radius 3 is 1.78 bits per heavy atom. The van der Waals surface area contributed by atoms with Crippen LogP contribution in [0.5, 0.6) is 0 Å². The van der Waals surface area contributed by atoms with E-state index < -0.39 is 0 Å². The second-order valence-electron chi connectivity index (χ2n) is 2.14. The zero-order valence-electron chi connectivity index (χ0n) is 7.11. The van der Waals surface area contributed by atoms with Gasteiger partial charge in [-0.3, -0.25) is 0 Å². The molecule has 0 aliphatic carbocycles. The van der Waals surface area contributed by atoms with Crippen molar-refractivity contribution < 1.29 is 0 Å². The SMILES string of the molecule is C[CH]C.[CH2]CCCCC. The molecule has 0 saturated heterocycles. The Hall–Kier alpha value is 0. The van der Waals surface area contributed by atoms with Crippen molar-refractivity contribution in [2.45, 2.75) is 46.5 Å². The summed E-state index contributed by atoms with van der Waals surface area (Å²) in [6.45, 7) is 9.93. The normalized spacial score (nSPS) is 8.00. The first-order valence-electron chi connectivity index (χ1n) is 3.86. The van der Waals surface area contributed by atoms with Crippen molar-refractivity contribution in [2.24, 2.45) is 0 Å². The van der Waals surface area contributed by atoms with Crippen molar-refractivity contribution in [1.29, 1.82) is 0 Å². The van der Waals surface area contributed by atoms with Crippen LogP contribution in [0.1, 0.15) is 46.5 Å². The quantitative estimate of drug-likeness (QED) is 0.509. The molecule has 0 aliphatic rings. The van der Waals surface area contributed by atoms with Gasteiger partial charge >= 0.3 is 0 Å². The molecule has 0 rings (SSSR count). The number of hydrogen-bond donors (Lipinski definition) is 0. The first kappa shape index (κ1) is 11.8. The Morgan fingerprint density at radius 1 is 1.22 bits per heavy atom. The van der Waals surface area contributed by atoms with Gasteiger partial charge in [-0.2, -0.15) is 0 Å². The van der Waals surface area contributed by atoms with Gasteiger partial charge in [0.15, 0.2) is 0 Å². The fraction of sp³-hybridized carbons (Fsp3) is 0.778. The lowest BCUT2D eigenvalue weighted by Gasteiger charge is -1.86. The van der Waals surface area contributed by atoms with Crippen molar-refractivity contribution in [3.05, 3.63) is 13.3 Å². The van der Waals surface area contributed by atoms with Gasteiger partial charge in [0.1, 0.15) is 0 Å². The molecule has 0 heterocycles. The van der Waals surface area contributed by atoms with Crippen LogP contribution in [-0.4, -0.2) is 0 Å². The van der Waals surface area contributed by atoms with Gasteiger partial charge in [-0.25, -0.2) is 0 Å². The predicted molar refractivity (Wildman–Crippen MR) is 45.1 cm³/mol. The summed E-state index contributed by atoms with van der Waals surface area (Å²) in [6.07, 6.45) is 7.07. The fourth-order valence-electron chi connectivity index (χ4n) is 0.427. The second kappa shape index (κ2) is 15.7. The molecule has 2 radical (unpaired) electrons. The molecule has 0 atom stereocenters. The molecule has 0 fully saturated rings. The van der Waals surface area contributed by atoms with Gasteiger partial charge in [0, 0.05) is 0 Å². The maximum atomic E-state index is 3.72. The molecule has 0 aromatic heterocycles. The fourth-order valence-corrected chi connectivity index (χ4v) is 0.427. The van der Waals surface area contributed by atoms with Gasteiger partial charge in [-0.15, -0.1) is 0 Å². The smallest absolute Gasteiger partial charge is 0.0448 e. The third-order valence-electron chi connectivity index (χ3n) is 0.854. The third-order valence-corrected chi connectivity index (χ3v) is 0.854. The summed E-state index contributed by atoms with van der Waals surface area (Å²) in [7, 11) is 0. The van der Waals surface area contributed by atoms with Gasteiger partial charge in [0.05, 0.1) is 0 Å². The van der Waals surface area contributed by atoms with Crippen LogP contribution in [-0.2, 0) is 0 Å². The summed E-state index contributed by atoms with van der Waals surface area (Å²) < 4.78 is 0. The summed E-state index contributed by atoms with van der Waals surface area (Å²) >= 11 is 0. The summed E-state index contributed by atoms with van der Waals surface area (Å²) in [6, 6.07) is 0. The minimum atomic E-state index is 1.10. The van der Waals surface area contributed by atoms with Crippen LogP contribution in [0.4, 0.5) is 0 Å². The molecular formula is C9H20. The van der Waals surface area contributed by atoms with Crippen LogP contribution in [0.25, 0.3) is 0 Å². The van der Waals surface area contributed by atoms with Crippen LogP contribution >= 0.6 is 0 Å². The largest absolute Gasteiger partial charge is 0.0654 e. The van der Waals surface area contributed by atoms with E-state index in [1.54, 1.807) is 0 Å². The van der Waals surface area contributed by atoms with E-state index in [1.165, 1.54) is 19.3 Å². The predicted octanol–water partition coefficient (Wildman–Crippen LogP) is 3.63. The van der Waals surface area contributed by atoms with Crippen molar-refractivity contribution in [3.63, 3.8) is 0 Å². The zero-order valence-corrected chi connectivity index (χ0v) is 7.11. The third kappa shape index (κ3) is 32.0. The van der Waals surface area contributed by atoms with Crippen LogP contribution in [0.15, 0.2) is 0 Å². The van der Waals surface area contributed by atoms with Gasteiger partial charge < -0.3 is 0 Å². The highest BCUT2D eigenvalue weighted by atomic mass is 13.8. The topological polar surface area (TPSA) is 0 Å². The lowest BCUT2D eigenvalue weighted by atomic mass is 10.2. The summed E-state index contributed by atoms with van der Waals surface area (Å²) in [5.41, 5.74) is 0. The highest BCUT2D eigenvalue weighted by Gasteiger charge is 1.75.